The van der Waals surface area contributed by atoms with Gasteiger partial charge in [0.05, 0.1) is 24.9 Å². The maximum atomic E-state index is 13.6. The van der Waals surface area contributed by atoms with Crippen molar-refractivity contribution in [3.8, 4) is 5.75 Å². The molecule has 0 spiro atoms. The number of hydrogen-bond acceptors (Lipinski definition) is 5. The second kappa shape index (κ2) is 7.83. The average molecular weight is 396 g/mol. The summed E-state index contributed by atoms with van der Waals surface area (Å²) < 4.78 is 68.7. The highest BCUT2D eigenvalue weighted by Gasteiger charge is 2.58. The van der Waals surface area contributed by atoms with Gasteiger partial charge in [0.25, 0.3) is 0 Å². The van der Waals surface area contributed by atoms with Crippen molar-refractivity contribution in [1.82, 2.24) is 4.90 Å². The third-order valence-corrected chi connectivity index (χ3v) is 4.74. The lowest BCUT2D eigenvalue weighted by Crippen LogP contribution is -2.47. The van der Waals surface area contributed by atoms with E-state index in [1.54, 1.807) is 11.9 Å². The summed E-state index contributed by atoms with van der Waals surface area (Å²) in [7, 11) is -1.24. The van der Waals surface area contributed by atoms with Crippen LogP contribution in [-0.2, 0) is 15.4 Å². The van der Waals surface area contributed by atoms with Gasteiger partial charge in [-0.3, -0.25) is 0 Å². The normalized spacial score (nSPS) is 15.1. The van der Waals surface area contributed by atoms with E-state index in [0.717, 1.165) is 13.2 Å². The van der Waals surface area contributed by atoms with Crippen LogP contribution in [0.2, 0.25) is 0 Å². The molecule has 1 atom stereocenters. The van der Waals surface area contributed by atoms with Crippen LogP contribution in [0.5, 0.6) is 5.75 Å². The number of benzene rings is 1. The van der Waals surface area contributed by atoms with Crippen LogP contribution in [0, 0.1) is 6.92 Å². The fourth-order valence-corrected chi connectivity index (χ4v) is 3.32. The summed E-state index contributed by atoms with van der Waals surface area (Å²) in [5, 5.41) is 10.3. The minimum atomic E-state index is -5.22. The maximum Gasteiger partial charge on any atom is 0.422 e. The lowest BCUT2D eigenvalue weighted by atomic mass is 9.92. The molecular formula is C16H23F3N2O4S. The Morgan fingerprint density at radius 1 is 1.35 bits per heavy atom. The molecule has 0 aliphatic rings. The van der Waals surface area contributed by atoms with Crippen molar-refractivity contribution >= 4 is 21.9 Å². The zero-order valence-electron chi connectivity index (χ0n) is 15.3. The molecule has 6 nitrogen and oxygen atoms in total. The van der Waals surface area contributed by atoms with Gasteiger partial charge in [0.2, 0.25) is 5.60 Å². The average Bonchev–Trinajstić information content (AvgIpc) is 2.50. The lowest BCUT2D eigenvalue weighted by molar-refractivity contribution is -0.257. The van der Waals surface area contributed by atoms with Crippen LogP contribution in [0.25, 0.3) is 0 Å². The van der Waals surface area contributed by atoms with Crippen LogP contribution < -0.4 is 4.74 Å². The molecule has 0 bridgehead atoms. The zero-order chi connectivity index (χ0) is 20.3. The van der Waals surface area contributed by atoms with Gasteiger partial charge in [0.1, 0.15) is 5.75 Å². The molecule has 0 amide bonds. The Labute approximate surface area is 151 Å². The van der Waals surface area contributed by atoms with Crippen LogP contribution in [0.4, 0.5) is 18.9 Å². The zero-order valence-corrected chi connectivity index (χ0v) is 16.1. The third kappa shape index (κ3) is 5.10. The van der Waals surface area contributed by atoms with Crippen LogP contribution in [0.3, 0.4) is 0 Å². The Morgan fingerprint density at radius 2 is 1.92 bits per heavy atom. The number of aryl methyl sites for hydroxylation is 1. The first-order chi connectivity index (χ1) is 11.7. The van der Waals surface area contributed by atoms with Gasteiger partial charge >= 0.3 is 6.18 Å². The quantitative estimate of drug-likeness (QED) is 0.566. The Bertz CT molecular complexity index is 778. The molecule has 1 aromatic rings. The van der Waals surface area contributed by atoms with Crippen LogP contribution >= 0.6 is 0 Å². The number of alkyl halides is 3. The van der Waals surface area contributed by atoms with Gasteiger partial charge in [-0.2, -0.15) is 13.2 Å². The topological polar surface area (TPSA) is 79.2 Å². The van der Waals surface area contributed by atoms with Gasteiger partial charge in [-0.25, -0.2) is 13.4 Å². The molecule has 0 saturated carbocycles. The molecule has 1 aromatic carbocycles. The fraction of sp³-hybridized carbons (Fsp3) is 0.562. The van der Waals surface area contributed by atoms with E-state index in [-0.39, 0.29) is 5.75 Å². The molecule has 0 aromatic heterocycles. The lowest BCUT2D eigenvalue weighted by Gasteiger charge is -2.31. The van der Waals surface area contributed by atoms with Crippen molar-refractivity contribution in [1.29, 1.82) is 0 Å². The molecule has 1 unspecified atom stereocenters. The van der Waals surface area contributed by atoms with Crippen molar-refractivity contribution in [3.63, 3.8) is 0 Å². The summed E-state index contributed by atoms with van der Waals surface area (Å²) in [4.78, 5) is 5.94. The molecule has 148 valence electrons. The number of aliphatic hydroxyl groups is 1. The molecule has 0 radical (unpaired) electrons. The maximum absolute atomic E-state index is 13.6. The summed E-state index contributed by atoms with van der Waals surface area (Å²) in [5.41, 5.74) is -3.59. The number of rotatable bonds is 7. The number of methoxy groups -OCH3 is 1. The Kier molecular flexibility index (Phi) is 6.69. The number of halogens is 3. The molecule has 0 fully saturated rings. The van der Waals surface area contributed by atoms with Crippen molar-refractivity contribution in [3.05, 3.63) is 23.3 Å². The number of ether oxygens (including phenoxy) is 1. The number of aliphatic imine (C=N–C) groups is 1. The molecule has 10 heteroatoms. The van der Waals surface area contributed by atoms with E-state index in [0.29, 0.717) is 24.1 Å². The summed E-state index contributed by atoms with van der Waals surface area (Å²) in [6.45, 7) is 4.09. The summed E-state index contributed by atoms with van der Waals surface area (Å²) >= 11 is 0. The first-order valence-electron chi connectivity index (χ1n) is 7.65. The molecule has 1 N–H and O–H groups in total. The molecule has 0 aliphatic carbocycles. The number of nitrogens with zero attached hydrogens (tertiary/aromatic N) is 2. The van der Waals surface area contributed by atoms with E-state index in [1.165, 1.54) is 19.3 Å². The first kappa shape index (κ1) is 22.2. The van der Waals surface area contributed by atoms with Crippen molar-refractivity contribution in [2.75, 3.05) is 32.7 Å². The molecule has 0 saturated heterocycles. The van der Waals surface area contributed by atoms with Gasteiger partial charge in [0.15, 0.2) is 9.84 Å². The van der Waals surface area contributed by atoms with E-state index in [1.807, 2.05) is 6.92 Å². The van der Waals surface area contributed by atoms with Crippen molar-refractivity contribution in [2.45, 2.75) is 25.6 Å². The summed E-state index contributed by atoms with van der Waals surface area (Å²) in [5.74, 6) is -1.81. The highest BCUT2D eigenvalue weighted by atomic mass is 32.2. The minimum absolute atomic E-state index is 0.301. The van der Waals surface area contributed by atoms with E-state index in [2.05, 4.69) is 4.99 Å². The number of sulfone groups is 1. The van der Waals surface area contributed by atoms with Gasteiger partial charge < -0.3 is 14.7 Å². The largest absolute Gasteiger partial charge is 0.496 e. The van der Waals surface area contributed by atoms with Crippen LogP contribution in [-0.4, -0.2) is 63.6 Å². The van der Waals surface area contributed by atoms with E-state index < -0.39 is 32.9 Å². The monoisotopic (exact) mass is 396 g/mol. The van der Waals surface area contributed by atoms with E-state index in [4.69, 9.17) is 4.74 Å². The fourth-order valence-electron chi connectivity index (χ4n) is 2.24. The van der Waals surface area contributed by atoms with Crippen LogP contribution in [0.1, 0.15) is 18.1 Å². The number of hydrogen-bond donors (Lipinski definition) is 1. The summed E-state index contributed by atoms with van der Waals surface area (Å²) in [6, 6.07) is 2.29. The standard InChI is InChI=1S/C16H23F3N2O4S/c1-6-21(3)10-20-13-8-14(25-4)12(7-11(13)2)15(22,16(17,18)19)9-26(5,23)24/h7-8,10,22H,6,9H2,1-5H3. The van der Waals surface area contributed by atoms with Crippen LogP contribution in [0.15, 0.2) is 17.1 Å². The van der Waals surface area contributed by atoms with Crippen molar-refractivity contribution < 1.29 is 31.4 Å². The second-order valence-corrected chi connectivity index (χ2v) is 8.23. The third-order valence-electron chi connectivity index (χ3n) is 3.80. The molecule has 26 heavy (non-hydrogen) atoms. The Morgan fingerprint density at radius 3 is 2.35 bits per heavy atom. The van der Waals surface area contributed by atoms with Gasteiger partial charge in [0, 0.05) is 31.5 Å². The predicted octanol–water partition coefficient (Wildman–Crippen LogP) is 2.41. The molecule has 0 aliphatic heterocycles. The molecule has 1 rings (SSSR count). The van der Waals surface area contributed by atoms with Gasteiger partial charge in [-0.15, -0.1) is 0 Å². The van der Waals surface area contributed by atoms with Gasteiger partial charge in [-0.1, -0.05) is 0 Å². The molecular weight excluding hydrogens is 373 g/mol. The van der Waals surface area contributed by atoms with E-state index in [9.17, 15) is 26.7 Å². The minimum Gasteiger partial charge on any atom is -0.496 e. The van der Waals surface area contributed by atoms with Gasteiger partial charge in [-0.05, 0) is 25.5 Å². The second-order valence-electron chi connectivity index (χ2n) is 6.08. The highest BCUT2D eigenvalue weighted by molar-refractivity contribution is 7.90. The molecule has 0 heterocycles. The van der Waals surface area contributed by atoms with Crippen molar-refractivity contribution in [2.24, 2.45) is 4.99 Å². The highest BCUT2D eigenvalue weighted by Crippen LogP contribution is 2.45. The van der Waals surface area contributed by atoms with E-state index >= 15 is 0 Å². The first-order valence-corrected chi connectivity index (χ1v) is 9.71. The smallest absolute Gasteiger partial charge is 0.422 e. The predicted molar refractivity (Wildman–Crippen MR) is 93.8 cm³/mol. The summed E-state index contributed by atoms with van der Waals surface area (Å²) in [6.07, 6.45) is -3.08. The Balaban J connectivity index is 3.59. The SMILES string of the molecule is CCN(C)C=Nc1cc(OC)c(C(O)(CS(C)(=O)=O)C(F)(F)F)cc1C. The Hall–Kier alpha value is -1.81.